The molecule has 0 spiro atoms. The second-order valence-corrected chi connectivity index (χ2v) is 7.20. The average molecular weight is 407 g/mol. The molecule has 0 unspecified atom stereocenters. The van der Waals surface area contributed by atoms with Crippen LogP contribution in [0.5, 0.6) is 0 Å². The normalized spacial score (nSPS) is 12.0. The van der Waals surface area contributed by atoms with Gasteiger partial charge in [0.25, 0.3) is 0 Å². The first-order valence-electron chi connectivity index (χ1n) is 7.32. The summed E-state index contributed by atoms with van der Waals surface area (Å²) in [4.78, 5) is 22.5. The molecule has 0 fully saturated rings. The molecule has 0 amide bonds. The molecule has 1 aromatic carbocycles. The maximum Gasteiger partial charge on any atom is 0.306 e. The van der Waals surface area contributed by atoms with E-state index < -0.39 is 11.6 Å². The van der Waals surface area contributed by atoms with Crippen LogP contribution in [0.15, 0.2) is 28.2 Å². The number of nitrogens with zero attached hydrogens (tertiary/aromatic N) is 2. The van der Waals surface area contributed by atoms with Crippen molar-refractivity contribution in [3.63, 3.8) is 0 Å². The predicted molar refractivity (Wildman–Crippen MR) is 99.9 cm³/mol. The summed E-state index contributed by atoms with van der Waals surface area (Å²) in [6.45, 7) is 1.65. The molecule has 0 aliphatic heterocycles. The molecule has 6 nitrogen and oxygen atoms in total. The van der Waals surface area contributed by atoms with Crippen molar-refractivity contribution < 1.29 is 13.9 Å². The van der Waals surface area contributed by atoms with Crippen LogP contribution in [-0.2, 0) is 5.75 Å². The van der Waals surface area contributed by atoms with E-state index in [1.54, 1.807) is 6.92 Å². The number of thioether (sulfide) groups is 1. The molecule has 0 bridgehead atoms. The molecule has 0 aliphatic carbocycles. The van der Waals surface area contributed by atoms with Crippen LogP contribution in [0.3, 0.4) is 0 Å². The molecule has 1 atom stereocenters. The summed E-state index contributed by atoms with van der Waals surface area (Å²) in [5.74, 6) is -1.25. The molecular weight excluding hydrogens is 393 g/mol. The Balaban J connectivity index is 0.00000243. The number of rotatable bonds is 6. The van der Waals surface area contributed by atoms with E-state index in [-0.39, 0.29) is 58.4 Å². The van der Waals surface area contributed by atoms with E-state index >= 15 is 0 Å². The van der Waals surface area contributed by atoms with Gasteiger partial charge < -0.3 is 10.4 Å². The SMILES string of the molecule is C[C@H](CO)Nc1nc(SCc2cccc(F)c2F)nc2[nH]c(=O)sc12.[Na]. The number of halogens is 2. The number of aliphatic hydroxyl groups is 1. The molecule has 3 N–H and O–H groups in total. The predicted octanol–water partition coefficient (Wildman–Crippen LogP) is 2.36. The number of aromatic amines is 1. The zero-order valence-electron chi connectivity index (χ0n) is 14.0. The van der Waals surface area contributed by atoms with Gasteiger partial charge in [0.2, 0.25) is 0 Å². The molecular formula is C15H14F2N4NaO2S2. The van der Waals surface area contributed by atoms with Gasteiger partial charge in [0.05, 0.1) is 6.61 Å². The van der Waals surface area contributed by atoms with Crippen LogP contribution in [0.25, 0.3) is 10.3 Å². The number of anilines is 1. The fourth-order valence-corrected chi connectivity index (χ4v) is 3.62. The van der Waals surface area contributed by atoms with Gasteiger partial charge in [0.15, 0.2) is 28.3 Å². The van der Waals surface area contributed by atoms with Crippen molar-refractivity contribution in [2.24, 2.45) is 0 Å². The summed E-state index contributed by atoms with van der Waals surface area (Å²) in [6.07, 6.45) is 0. The van der Waals surface area contributed by atoms with Crippen molar-refractivity contribution in [3.8, 4) is 0 Å². The fourth-order valence-electron chi connectivity index (χ4n) is 2.07. The molecule has 3 rings (SSSR count). The maximum atomic E-state index is 13.7. The first kappa shape index (κ1) is 21.3. The van der Waals surface area contributed by atoms with Gasteiger partial charge in [-0.3, -0.25) is 9.78 Å². The Bertz CT molecular complexity index is 966. The molecule has 133 valence electrons. The number of hydrogen-bond acceptors (Lipinski definition) is 7. The summed E-state index contributed by atoms with van der Waals surface area (Å²) in [5.41, 5.74) is 0.561. The summed E-state index contributed by atoms with van der Waals surface area (Å²) < 4.78 is 27.6. The van der Waals surface area contributed by atoms with Crippen LogP contribution < -0.4 is 10.2 Å². The first-order chi connectivity index (χ1) is 12.0. The van der Waals surface area contributed by atoms with Crippen LogP contribution in [0.1, 0.15) is 12.5 Å². The van der Waals surface area contributed by atoms with Crippen LogP contribution in [0, 0.1) is 11.6 Å². The Morgan fingerprint density at radius 3 is 2.88 bits per heavy atom. The summed E-state index contributed by atoms with van der Waals surface area (Å²) in [6, 6.07) is 3.71. The van der Waals surface area contributed by atoms with E-state index in [1.165, 1.54) is 12.1 Å². The second kappa shape index (κ2) is 9.25. The van der Waals surface area contributed by atoms with Gasteiger partial charge in [0, 0.05) is 46.9 Å². The van der Waals surface area contributed by atoms with E-state index in [9.17, 15) is 18.7 Å². The van der Waals surface area contributed by atoms with E-state index in [0.29, 0.717) is 21.3 Å². The van der Waals surface area contributed by atoms with Crippen molar-refractivity contribution in [1.29, 1.82) is 0 Å². The molecule has 26 heavy (non-hydrogen) atoms. The van der Waals surface area contributed by atoms with Gasteiger partial charge >= 0.3 is 4.87 Å². The minimum absolute atomic E-state index is 0. The third kappa shape index (κ3) is 4.81. The maximum absolute atomic E-state index is 13.7. The number of benzene rings is 1. The van der Waals surface area contributed by atoms with Crippen molar-refractivity contribution in [3.05, 3.63) is 45.1 Å². The Kier molecular flexibility index (Phi) is 7.56. The minimum atomic E-state index is -0.907. The zero-order valence-corrected chi connectivity index (χ0v) is 17.7. The Morgan fingerprint density at radius 1 is 1.38 bits per heavy atom. The molecule has 0 saturated carbocycles. The van der Waals surface area contributed by atoms with Gasteiger partial charge in [0.1, 0.15) is 4.70 Å². The van der Waals surface area contributed by atoms with E-state index in [0.717, 1.165) is 29.2 Å². The number of aliphatic hydroxyl groups excluding tert-OH is 1. The van der Waals surface area contributed by atoms with Crippen LogP contribution >= 0.6 is 23.1 Å². The van der Waals surface area contributed by atoms with Crippen LogP contribution in [0.2, 0.25) is 0 Å². The van der Waals surface area contributed by atoms with E-state index in [2.05, 4.69) is 20.3 Å². The standard InChI is InChI=1S/C15H14F2N4O2S2.Na/c1-7(5-22)18-12-11-13(21-15(23)25-11)20-14(19-12)24-6-8-3-2-4-9(16)10(8)17;/h2-4,7,22H,5-6H2,1H3,(H2,18,19,20,21,23);/t7-;/m1./s1. The summed E-state index contributed by atoms with van der Waals surface area (Å²) in [5, 5.41) is 12.5. The van der Waals surface area contributed by atoms with Crippen molar-refractivity contribution >= 4 is 68.8 Å². The van der Waals surface area contributed by atoms with Gasteiger partial charge in [-0.2, -0.15) is 0 Å². The molecule has 0 aliphatic rings. The van der Waals surface area contributed by atoms with Crippen molar-refractivity contribution in [2.45, 2.75) is 23.9 Å². The Labute approximate surface area is 177 Å². The number of aromatic nitrogens is 3. The molecule has 0 saturated heterocycles. The third-order valence-electron chi connectivity index (χ3n) is 3.31. The van der Waals surface area contributed by atoms with Crippen LogP contribution in [-0.4, -0.2) is 62.3 Å². The second-order valence-electron chi connectivity index (χ2n) is 5.28. The average Bonchev–Trinajstić information content (AvgIpc) is 2.96. The first-order valence-corrected chi connectivity index (χ1v) is 9.12. The topological polar surface area (TPSA) is 90.9 Å². The Morgan fingerprint density at radius 2 is 2.15 bits per heavy atom. The zero-order chi connectivity index (χ0) is 18.0. The summed E-state index contributed by atoms with van der Waals surface area (Å²) >= 11 is 2.08. The van der Waals surface area contributed by atoms with Gasteiger partial charge in [-0.1, -0.05) is 35.2 Å². The smallest absolute Gasteiger partial charge is 0.306 e. The Hall–Kier alpha value is -1.04. The number of nitrogens with one attached hydrogen (secondary N) is 2. The number of thiazole rings is 1. The monoisotopic (exact) mass is 407 g/mol. The molecule has 11 heteroatoms. The van der Waals surface area contributed by atoms with Gasteiger partial charge in [-0.15, -0.1) is 0 Å². The van der Waals surface area contributed by atoms with E-state index in [4.69, 9.17) is 0 Å². The number of H-pyrrole nitrogens is 1. The molecule has 3 aromatic rings. The largest absolute Gasteiger partial charge is 0.394 e. The number of hydrogen-bond donors (Lipinski definition) is 3. The fraction of sp³-hybridized carbons (Fsp3) is 0.267. The third-order valence-corrected chi connectivity index (χ3v) is 5.08. The van der Waals surface area contributed by atoms with E-state index in [1.807, 2.05) is 0 Å². The summed E-state index contributed by atoms with van der Waals surface area (Å²) in [7, 11) is 0. The molecule has 1 radical (unpaired) electrons. The molecule has 2 aromatic heterocycles. The molecule has 2 heterocycles. The van der Waals surface area contributed by atoms with Gasteiger partial charge in [-0.25, -0.2) is 18.7 Å². The van der Waals surface area contributed by atoms with Crippen LogP contribution in [0.4, 0.5) is 14.6 Å². The van der Waals surface area contributed by atoms with Crippen molar-refractivity contribution in [1.82, 2.24) is 15.0 Å². The number of fused-ring (bicyclic) bond motifs is 1. The van der Waals surface area contributed by atoms with Gasteiger partial charge in [-0.05, 0) is 13.0 Å². The minimum Gasteiger partial charge on any atom is -0.394 e. The quantitative estimate of drug-likeness (QED) is 0.330. The van der Waals surface area contributed by atoms with Crippen molar-refractivity contribution in [2.75, 3.05) is 11.9 Å².